The average molecular weight is 325 g/mol. The molecule has 1 aromatic heterocycles. The summed E-state index contributed by atoms with van der Waals surface area (Å²) in [4.78, 5) is 26.0. The van der Waals surface area contributed by atoms with Crippen LogP contribution in [0.2, 0.25) is 0 Å². The van der Waals surface area contributed by atoms with Gasteiger partial charge in [0.25, 0.3) is 5.89 Å². The molecule has 0 aliphatic carbocycles. The van der Waals surface area contributed by atoms with E-state index in [0.29, 0.717) is 18.9 Å². The third kappa shape index (κ3) is 4.43. The number of carbonyl (C=O) groups is 2. The minimum atomic E-state index is -0.662. The number of aryl methyl sites for hydroxylation is 1. The van der Waals surface area contributed by atoms with Crippen LogP contribution in [0.15, 0.2) is 4.42 Å². The van der Waals surface area contributed by atoms with Crippen LogP contribution in [0, 0.1) is 6.92 Å². The highest BCUT2D eigenvalue weighted by Crippen LogP contribution is 2.24. The van der Waals surface area contributed by atoms with E-state index < -0.39 is 29.8 Å². The van der Waals surface area contributed by atoms with Gasteiger partial charge in [-0.3, -0.25) is 4.90 Å². The molecule has 0 aromatic carbocycles. The molecular weight excluding hydrogens is 302 g/mol. The maximum absolute atomic E-state index is 12.4. The number of aromatic nitrogens is 2. The van der Waals surface area contributed by atoms with Crippen LogP contribution in [0.1, 0.15) is 58.4 Å². The van der Waals surface area contributed by atoms with Crippen molar-refractivity contribution in [2.24, 2.45) is 0 Å². The number of esters is 1. The van der Waals surface area contributed by atoms with Crippen LogP contribution in [-0.4, -0.2) is 45.3 Å². The Balaban J connectivity index is 1.99. The monoisotopic (exact) mass is 325 g/mol. The van der Waals surface area contributed by atoms with Crippen molar-refractivity contribution >= 4 is 12.1 Å². The fourth-order valence-corrected chi connectivity index (χ4v) is 2.33. The van der Waals surface area contributed by atoms with Gasteiger partial charge in [-0.05, 0) is 40.5 Å². The fourth-order valence-electron chi connectivity index (χ4n) is 2.33. The van der Waals surface area contributed by atoms with Crippen LogP contribution in [0.3, 0.4) is 0 Å². The van der Waals surface area contributed by atoms with Crippen molar-refractivity contribution in [3.8, 4) is 0 Å². The van der Waals surface area contributed by atoms with Gasteiger partial charge in [0.05, 0.1) is 0 Å². The predicted octanol–water partition coefficient (Wildman–Crippen LogP) is 2.38. The van der Waals surface area contributed by atoms with E-state index in [9.17, 15) is 9.59 Å². The first-order valence-electron chi connectivity index (χ1n) is 7.67. The average Bonchev–Trinajstić information content (AvgIpc) is 3.04. The van der Waals surface area contributed by atoms with Gasteiger partial charge in [-0.1, -0.05) is 0 Å². The molecule has 1 aliphatic heterocycles. The number of ether oxygens (including phenoxy) is 2. The molecule has 2 unspecified atom stereocenters. The Bertz CT molecular complexity index is 578. The molecule has 2 rings (SSSR count). The summed E-state index contributed by atoms with van der Waals surface area (Å²) < 4.78 is 15.9. The summed E-state index contributed by atoms with van der Waals surface area (Å²) in [7, 11) is 0. The normalized spacial score (nSPS) is 19.5. The Labute approximate surface area is 135 Å². The Kier molecular flexibility index (Phi) is 4.91. The zero-order valence-corrected chi connectivity index (χ0v) is 14.2. The summed E-state index contributed by atoms with van der Waals surface area (Å²) in [5, 5.41) is 7.53. The van der Waals surface area contributed by atoms with Crippen LogP contribution in [-0.2, 0) is 14.3 Å². The summed E-state index contributed by atoms with van der Waals surface area (Å²) >= 11 is 0. The van der Waals surface area contributed by atoms with E-state index in [2.05, 4.69) is 10.2 Å². The number of amides is 1. The van der Waals surface area contributed by atoms with Gasteiger partial charge >= 0.3 is 12.1 Å². The lowest BCUT2D eigenvalue weighted by atomic mass is 10.2. The quantitative estimate of drug-likeness (QED) is 0.787. The van der Waals surface area contributed by atoms with Gasteiger partial charge < -0.3 is 13.9 Å². The highest BCUT2D eigenvalue weighted by atomic mass is 16.6. The second kappa shape index (κ2) is 6.55. The SMILES string of the molecule is Cc1nnc(C(C)OC(=O)C2CCCN2C(=O)OC(C)(C)C)o1. The molecule has 1 saturated heterocycles. The molecular formula is C15H23N3O5. The molecule has 2 atom stereocenters. The molecule has 23 heavy (non-hydrogen) atoms. The van der Waals surface area contributed by atoms with Gasteiger partial charge in [0, 0.05) is 13.5 Å². The number of carbonyl (C=O) groups excluding carboxylic acids is 2. The first-order chi connectivity index (χ1) is 10.7. The second-order valence-corrected chi connectivity index (χ2v) is 6.57. The molecule has 0 saturated carbocycles. The van der Waals surface area contributed by atoms with Crippen molar-refractivity contribution in [1.29, 1.82) is 0 Å². The Morgan fingerprint density at radius 3 is 2.61 bits per heavy atom. The second-order valence-electron chi connectivity index (χ2n) is 6.57. The van der Waals surface area contributed by atoms with Crippen molar-refractivity contribution in [3.05, 3.63) is 11.8 Å². The zero-order chi connectivity index (χ0) is 17.2. The van der Waals surface area contributed by atoms with Crippen molar-refractivity contribution in [2.75, 3.05) is 6.54 Å². The number of hydrogen-bond donors (Lipinski definition) is 0. The van der Waals surface area contributed by atoms with Crippen LogP contribution in [0.25, 0.3) is 0 Å². The fraction of sp³-hybridized carbons (Fsp3) is 0.733. The molecule has 1 amide bonds. The summed E-state index contributed by atoms with van der Waals surface area (Å²) in [5.74, 6) is 0.147. The minimum Gasteiger partial charge on any atom is -0.451 e. The Morgan fingerprint density at radius 2 is 2.04 bits per heavy atom. The predicted molar refractivity (Wildman–Crippen MR) is 79.5 cm³/mol. The van der Waals surface area contributed by atoms with Crippen LogP contribution >= 0.6 is 0 Å². The lowest BCUT2D eigenvalue weighted by Gasteiger charge is -2.28. The summed E-state index contributed by atoms with van der Waals surface area (Å²) in [6.07, 6.45) is 0.115. The largest absolute Gasteiger partial charge is 0.451 e. The van der Waals surface area contributed by atoms with Gasteiger partial charge in [0.15, 0.2) is 6.10 Å². The molecule has 1 aromatic rings. The Hall–Kier alpha value is -2.12. The lowest BCUT2D eigenvalue weighted by Crippen LogP contribution is -2.44. The van der Waals surface area contributed by atoms with Crippen LogP contribution in [0.4, 0.5) is 4.79 Å². The third-order valence-electron chi connectivity index (χ3n) is 3.34. The summed E-state index contributed by atoms with van der Waals surface area (Å²) in [6, 6.07) is -0.642. The molecule has 0 bridgehead atoms. The molecule has 128 valence electrons. The highest BCUT2D eigenvalue weighted by Gasteiger charge is 2.38. The smallest absolute Gasteiger partial charge is 0.411 e. The summed E-state index contributed by atoms with van der Waals surface area (Å²) in [6.45, 7) is 9.14. The molecule has 0 spiro atoms. The summed E-state index contributed by atoms with van der Waals surface area (Å²) in [5.41, 5.74) is -0.608. The van der Waals surface area contributed by atoms with Crippen molar-refractivity contribution in [3.63, 3.8) is 0 Å². The first kappa shape index (κ1) is 17.2. The standard InChI is InChI=1S/C15H23N3O5/c1-9(12-17-16-10(2)22-12)21-13(19)11-7-6-8-18(11)14(20)23-15(3,4)5/h9,11H,6-8H2,1-5H3. The van der Waals surface area contributed by atoms with Crippen LogP contribution < -0.4 is 0 Å². The zero-order valence-electron chi connectivity index (χ0n) is 14.2. The van der Waals surface area contributed by atoms with E-state index >= 15 is 0 Å². The third-order valence-corrected chi connectivity index (χ3v) is 3.34. The number of nitrogens with zero attached hydrogens (tertiary/aromatic N) is 3. The molecule has 8 nitrogen and oxygen atoms in total. The van der Waals surface area contributed by atoms with E-state index in [1.165, 1.54) is 4.90 Å². The van der Waals surface area contributed by atoms with Gasteiger partial charge in [0.2, 0.25) is 5.89 Å². The van der Waals surface area contributed by atoms with Gasteiger partial charge in [0.1, 0.15) is 11.6 Å². The molecule has 1 fully saturated rings. The van der Waals surface area contributed by atoms with Gasteiger partial charge in [-0.2, -0.15) is 0 Å². The first-order valence-corrected chi connectivity index (χ1v) is 7.67. The molecule has 0 radical (unpaired) electrons. The minimum absolute atomic E-state index is 0.234. The lowest BCUT2D eigenvalue weighted by molar-refractivity contribution is -0.154. The molecule has 1 aliphatic rings. The Morgan fingerprint density at radius 1 is 1.35 bits per heavy atom. The number of hydrogen-bond acceptors (Lipinski definition) is 7. The van der Waals surface area contributed by atoms with Gasteiger partial charge in [-0.25, -0.2) is 9.59 Å². The number of likely N-dealkylation sites (tertiary alicyclic amines) is 1. The van der Waals surface area contributed by atoms with E-state index in [4.69, 9.17) is 13.9 Å². The maximum atomic E-state index is 12.4. The molecule has 0 N–H and O–H groups in total. The van der Waals surface area contributed by atoms with Gasteiger partial charge in [-0.15, -0.1) is 10.2 Å². The van der Waals surface area contributed by atoms with E-state index in [1.807, 2.05) is 0 Å². The van der Waals surface area contributed by atoms with Crippen molar-refractivity contribution in [2.45, 2.75) is 65.2 Å². The van der Waals surface area contributed by atoms with E-state index in [0.717, 1.165) is 6.42 Å². The topological polar surface area (TPSA) is 94.8 Å². The van der Waals surface area contributed by atoms with E-state index in [-0.39, 0.29) is 5.89 Å². The maximum Gasteiger partial charge on any atom is 0.411 e. The highest BCUT2D eigenvalue weighted by molar-refractivity contribution is 5.82. The number of rotatable bonds is 3. The molecule has 2 heterocycles. The molecule has 8 heteroatoms. The van der Waals surface area contributed by atoms with Crippen LogP contribution in [0.5, 0.6) is 0 Å². The van der Waals surface area contributed by atoms with Crippen molar-refractivity contribution < 1.29 is 23.5 Å². The van der Waals surface area contributed by atoms with E-state index in [1.54, 1.807) is 34.6 Å². The van der Waals surface area contributed by atoms with Crippen molar-refractivity contribution in [1.82, 2.24) is 15.1 Å².